The van der Waals surface area contributed by atoms with Crippen LogP contribution in [-0.2, 0) is 4.79 Å². The van der Waals surface area contributed by atoms with E-state index in [-0.39, 0.29) is 42.5 Å². The number of hydrogen-bond acceptors (Lipinski definition) is 5. The molecular formula is C19H32IN5O3. The lowest BCUT2D eigenvalue weighted by Gasteiger charge is -2.21. The first-order chi connectivity index (χ1) is 13.1. The first-order valence-electron chi connectivity index (χ1n) is 9.39. The Balaban J connectivity index is 0.00000392. The van der Waals surface area contributed by atoms with Gasteiger partial charge in [-0.1, -0.05) is 0 Å². The highest BCUT2D eigenvalue weighted by Crippen LogP contribution is 2.30. The van der Waals surface area contributed by atoms with E-state index in [4.69, 9.17) is 9.47 Å². The minimum Gasteiger partial charge on any atom is -0.497 e. The molecule has 8 nitrogen and oxygen atoms in total. The van der Waals surface area contributed by atoms with Crippen molar-refractivity contribution in [2.24, 2.45) is 4.99 Å². The highest BCUT2D eigenvalue weighted by Gasteiger charge is 2.24. The summed E-state index contributed by atoms with van der Waals surface area (Å²) in [6.07, 6.45) is 0.977. The van der Waals surface area contributed by atoms with Crippen molar-refractivity contribution in [2.75, 3.05) is 51.8 Å². The Morgan fingerprint density at radius 2 is 1.79 bits per heavy atom. The Kier molecular flexibility index (Phi) is 10.8. The van der Waals surface area contributed by atoms with Gasteiger partial charge in [-0.05, 0) is 20.3 Å². The summed E-state index contributed by atoms with van der Waals surface area (Å²) in [7, 11) is 3.31. The summed E-state index contributed by atoms with van der Waals surface area (Å²) in [5.41, 5.74) is 1.07. The number of hydrogen-bond donors (Lipinski definition) is 3. The van der Waals surface area contributed by atoms with Gasteiger partial charge in [0.15, 0.2) is 5.96 Å². The number of methoxy groups -OCH3 is 2. The second kappa shape index (κ2) is 12.5. The van der Waals surface area contributed by atoms with Crippen molar-refractivity contribution >= 4 is 41.5 Å². The SMILES string of the molecule is CCNC(=O)CN=C(NCC)NC1CCN(c2cc(OC)cc(OC)c2)C1.I. The number of aliphatic imine (C=N–C) groups is 1. The van der Waals surface area contributed by atoms with Gasteiger partial charge in [0, 0.05) is 56.1 Å². The molecule has 1 aliphatic heterocycles. The van der Waals surface area contributed by atoms with Crippen LogP contribution in [0.25, 0.3) is 0 Å². The van der Waals surface area contributed by atoms with Crippen LogP contribution in [0.1, 0.15) is 20.3 Å². The monoisotopic (exact) mass is 505 g/mol. The molecule has 28 heavy (non-hydrogen) atoms. The second-order valence-electron chi connectivity index (χ2n) is 6.30. The first kappa shape index (κ1) is 24.1. The molecule has 1 aliphatic rings. The maximum atomic E-state index is 11.6. The molecule has 0 radical (unpaired) electrons. The number of amides is 1. The molecule has 3 N–H and O–H groups in total. The third kappa shape index (κ3) is 7.25. The Morgan fingerprint density at radius 3 is 2.36 bits per heavy atom. The number of guanidine groups is 1. The average Bonchev–Trinajstić information content (AvgIpc) is 3.14. The molecule has 0 saturated carbocycles. The zero-order chi connectivity index (χ0) is 19.6. The Labute approximate surface area is 184 Å². The van der Waals surface area contributed by atoms with Gasteiger partial charge < -0.3 is 30.3 Å². The lowest BCUT2D eigenvalue weighted by molar-refractivity contribution is -0.119. The van der Waals surface area contributed by atoms with Crippen molar-refractivity contribution in [2.45, 2.75) is 26.3 Å². The second-order valence-corrected chi connectivity index (χ2v) is 6.30. The molecule has 1 unspecified atom stereocenters. The molecular weight excluding hydrogens is 473 g/mol. The summed E-state index contributed by atoms with van der Waals surface area (Å²) in [4.78, 5) is 18.3. The van der Waals surface area contributed by atoms with Crippen LogP contribution in [0.2, 0.25) is 0 Å². The van der Waals surface area contributed by atoms with Gasteiger partial charge in [-0.3, -0.25) is 4.79 Å². The maximum Gasteiger partial charge on any atom is 0.241 e. The van der Waals surface area contributed by atoms with Crippen LogP contribution < -0.4 is 30.3 Å². The zero-order valence-electron chi connectivity index (χ0n) is 17.1. The largest absolute Gasteiger partial charge is 0.497 e. The smallest absolute Gasteiger partial charge is 0.241 e. The van der Waals surface area contributed by atoms with Crippen molar-refractivity contribution < 1.29 is 14.3 Å². The number of anilines is 1. The average molecular weight is 505 g/mol. The van der Waals surface area contributed by atoms with Gasteiger partial charge in [-0.2, -0.15) is 0 Å². The van der Waals surface area contributed by atoms with Crippen molar-refractivity contribution in [3.05, 3.63) is 18.2 Å². The minimum absolute atomic E-state index is 0. The molecule has 9 heteroatoms. The number of nitrogens with zero attached hydrogens (tertiary/aromatic N) is 2. The van der Waals surface area contributed by atoms with Crippen molar-refractivity contribution in [1.29, 1.82) is 0 Å². The molecule has 1 amide bonds. The lowest BCUT2D eigenvalue weighted by Crippen LogP contribution is -2.45. The van der Waals surface area contributed by atoms with Gasteiger partial charge in [0.2, 0.25) is 5.91 Å². The van der Waals surface area contributed by atoms with E-state index in [1.165, 1.54) is 0 Å². The van der Waals surface area contributed by atoms with Crippen molar-refractivity contribution in [3.8, 4) is 11.5 Å². The van der Waals surface area contributed by atoms with E-state index in [9.17, 15) is 4.79 Å². The highest BCUT2D eigenvalue weighted by molar-refractivity contribution is 14.0. The van der Waals surface area contributed by atoms with Crippen LogP contribution in [0, 0.1) is 0 Å². The third-order valence-corrected chi connectivity index (χ3v) is 4.33. The number of carbonyl (C=O) groups is 1. The van der Waals surface area contributed by atoms with Crippen molar-refractivity contribution in [3.63, 3.8) is 0 Å². The van der Waals surface area contributed by atoms with Crippen LogP contribution in [0.4, 0.5) is 5.69 Å². The Hall–Kier alpha value is -1.91. The van der Waals surface area contributed by atoms with E-state index < -0.39 is 0 Å². The van der Waals surface area contributed by atoms with E-state index in [0.29, 0.717) is 12.5 Å². The predicted octanol–water partition coefficient (Wildman–Crippen LogP) is 1.59. The molecule has 1 atom stereocenters. The number of carbonyl (C=O) groups excluding carboxylic acids is 1. The summed E-state index contributed by atoms with van der Waals surface area (Å²) in [6.45, 7) is 7.13. The Bertz CT molecular complexity index is 634. The topological polar surface area (TPSA) is 87.2 Å². The third-order valence-electron chi connectivity index (χ3n) is 4.33. The fraction of sp³-hybridized carbons (Fsp3) is 0.579. The number of halogens is 1. The van der Waals surface area contributed by atoms with Crippen molar-refractivity contribution in [1.82, 2.24) is 16.0 Å². The molecule has 1 saturated heterocycles. The molecule has 0 bridgehead atoms. The van der Waals surface area contributed by atoms with Gasteiger partial charge in [0.25, 0.3) is 0 Å². The predicted molar refractivity (Wildman–Crippen MR) is 123 cm³/mol. The van der Waals surface area contributed by atoms with Gasteiger partial charge in [0.1, 0.15) is 18.0 Å². The molecule has 1 aromatic carbocycles. The minimum atomic E-state index is -0.0776. The summed E-state index contributed by atoms with van der Waals surface area (Å²) in [6, 6.07) is 6.14. The zero-order valence-corrected chi connectivity index (χ0v) is 19.4. The summed E-state index contributed by atoms with van der Waals surface area (Å²) in [5.74, 6) is 2.14. The number of likely N-dealkylation sites (N-methyl/N-ethyl adjacent to an activating group) is 1. The fourth-order valence-electron chi connectivity index (χ4n) is 3.00. The van der Waals surface area contributed by atoms with Crippen LogP contribution in [0.3, 0.4) is 0 Å². The van der Waals surface area contributed by atoms with Crippen LogP contribution in [-0.4, -0.2) is 64.9 Å². The lowest BCUT2D eigenvalue weighted by atomic mass is 10.2. The van der Waals surface area contributed by atoms with E-state index in [0.717, 1.165) is 43.2 Å². The van der Waals surface area contributed by atoms with Gasteiger partial charge in [-0.15, -0.1) is 24.0 Å². The summed E-state index contributed by atoms with van der Waals surface area (Å²) < 4.78 is 10.7. The molecule has 1 heterocycles. The quantitative estimate of drug-likeness (QED) is 0.283. The van der Waals surface area contributed by atoms with Gasteiger partial charge >= 0.3 is 0 Å². The standard InChI is InChI=1S/C19H31N5O3.HI/c1-5-20-18(25)12-22-19(21-6-2)23-14-7-8-24(13-14)15-9-16(26-3)11-17(10-15)27-4;/h9-11,14H,5-8,12-13H2,1-4H3,(H,20,25)(H2,21,22,23);1H. The molecule has 1 fully saturated rings. The maximum absolute atomic E-state index is 11.6. The molecule has 1 aromatic rings. The summed E-state index contributed by atoms with van der Waals surface area (Å²) in [5, 5.41) is 9.38. The van der Waals surface area contributed by atoms with Crippen LogP contribution in [0.5, 0.6) is 11.5 Å². The normalized spacial score (nSPS) is 16.2. The van der Waals surface area contributed by atoms with E-state index in [2.05, 4.69) is 25.8 Å². The van der Waals surface area contributed by atoms with Crippen LogP contribution >= 0.6 is 24.0 Å². The Morgan fingerprint density at radius 1 is 1.14 bits per heavy atom. The number of ether oxygens (including phenoxy) is 2. The molecule has 0 spiro atoms. The van der Waals surface area contributed by atoms with Gasteiger partial charge in [-0.25, -0.2) is 4.99 Å². The molecule has 2 rings (SSSR count). The molecule has 158 valence electrons. The van der Waals surface area contributed by atoms with E-state index >= 15 is 0 Å². The fourth-order valence-corrected chi connectivity index (χ4v) is 3.00. The highest BCUT2D eigenvalue weighted by atomic mass is 127. The van der Waals surface area contributed by atoms with E-state index in [1.54, 1.807) is 14.2 Å². The molecule has 0 aromatic heterocycles. The number of nitrogens with one attached hydrogen (secondary N) is 3. The van der Waals surface area contributed by atoms with Gasteiger partial charge in [0.05, 0.1) is 14.2 Å². The van der Waals surface area contributed by atoms with E-state index in [1.807, 2.05) is 32.0 Å². The number of rotatable bonds is 8. The van der Waals surface area contributed by atoms with Crippen LogP contribution in [0.15, 0.2) is 23.2 Å². The number of benzene rings is 1. The first-order valence-corrected chi connectivity index (χ1v) is 9.39. The summed E-state index contributed by atoms with van der Waals surface area (Å²) >= 11 is 0. The molecule has 0 aliphatic carbocycles.